The molecule has 2 atom stereocenters. The quantitative estimate of drug-likeness (QED) is 0.447. The summed E-state index contributed by atoms with van der Waals surface area (Å²) in [6, 6.07) is 1.01. The van der Waals surface area contributed by atoms with Gasteiger partial charge in [-0.1, -0.05) is 27.7 Å². The summed E-state index contributed by atoms with van der Waals surface area (Å²) >= 11 is 0. The first-order valence-electron chi connectivity index (χ1n) is 4.32. The van der Waals surface area contributed by atoms with Gasteiger partial charge >= 0.3 is 0 Å². The van der Waals surface area contributed by atoms with Gasteiger partial charge in [0.2, 0.25) is 6.41 Å². The van der Waals surface area contributed by atoms with Gasteiger partial charge in [0.1, 0.15) is 0 Å². The third kappa shape index (κ3) is 1.39. The van der Waals surface area contributed by atoms with E-state index in [9.17, 15) is 4.79 Å². The summed E-state index contributed by atoms with van der Waals surface area (Å²) in [5.41, 5.74) is 0. The number of amides is 1. The van der Waals surface area contributed by atoms with E-state index in [2.05, 4.69) is 27.7 Å². The zero-order valence-electron chi connectivity index (χ0n) is 7.74. The normalized spacial score (nSPS) is 29.8. The first-order chi connectivity index (χ1) is 5.09. The van der Waals surface area contributed by atoms with Crippen molar-refractivity contribution in [2.75, 3.05) is 0 Å². The van der Waals surface area contributed by atoms with Crippen LogP contribution < -0.4 is 0 Å². The monoisotopic (exact) mass is 155 g/mol. The van der Waals surface area contributed by atoms with Crippen LogP contribution in [-0.2, 0) is 4.79 Å². The highest BCUT2D eigenvalue weighted by Gasteiger charge is 2.49. The summed E-state index contributed by atoms with van der Waals surface area (Å²) in [7, 11) is 0. The molecule has 2 nitrogen and oxygen atoms in total. The molecule has 64 valence electrons. The fraction of sp³-hybridized carbons (Fsp3) is 0.889. The Bertz CT molecular complexity index is 140. The third-order valence-corrected chi connectivity index (χ3v) is 2.44. The summed E-state index contributed by atoms with van der Waals surface area (Å²) in [6.07, 6.45) is 0.981. The maximum absolute atomic E-state index is 10.5. The Morgan fingerprint density at radius 3 is 1.55 bits per heavy atom. The van der Waals surface area contributed by atoms with E-state index in [1.165, 1.54) is 0 Å². The van der Waals surface area contributed by atoms with Crippen molar-refractivity contribution >= 4 is 6.41 Å². The van der Waals surface area contributed by atoms with Crippen molar-refractivity contribution in [1.82, 2.24) is 4.90 Å². The van der Waals surface area contributed by atoms with Crippen LogP contribution in [0.5, 0.6) is 0 Å². The Kier molecular flexibility index (Phi) is 2.21. The molecule has 1 rings (SSSR count). The van der Waals surface area contributed by atoms with Crippen LogP contribution in [0.3, 0.4) is 0 Å². The van der Waals surface area contributed by atoms with Crippen LogP contribution in [0.1, 0.15) is 27.7 Å². The number of hydrogen-bond donors (Lipinski definition) is 0. The van der Waals surface area contributed by atoms with E-state index < -0.39 is 0 Å². The predicted octanol–water partition coefficient (Wildman–Crippen LogP) is 1.51. The first-order valence-corrected chi connectivity index (χ1v) is 4.32. The molecule has 0 aromatic carbocycles. The maximum Gasteiger partial charge on any atom is 0.210 e. The number of rotatable bonds is 3. The van der Waals surface area contributed by atoms with Gasteiger partial charge in [-0.3, -0.25) is 4.79 Å². The van der Waals surface area contributed by atoms with E-state index in [1.54, 1.807) is 0 Å². The molecule has 0 N–H and O–H groups in total. The van der Waals surface area contributed by atoms with Gasteiger partial charge in [0.25, 0.3) is 0 Å². The molecule has 0 aromatic heterocycles. The fourth-order valence-electron chi connectivity index (χ4n) is 1.90. The average Bonchev–Trinajstić information content (AvgIpc) is 2.59. The standard InChI is InChI=1S/C9H17NO/c1-6(2)8-9(7(3)4)10(8)5-11/h5-9H,1-4H3. The summed E-state index contributed by atoms with van der Waals surface area (Å²) in [6.45, 7) is 8.68. The summed E-state index contributed by atoms with van der Waals surface area (Å²) in [4.78, 5) is 12.4. The van der Waals surface area contributed by atoms with Crippen molar-refractivity contribution in [3.05, 3.63) is 0 Å². The minimum Gasteiger partial charge on any atom is -0.335 e. The number of carbonyl (C=O) groups is 1. The van der Waals surface area contributed by atoms with E-state index in [0.717, 1.165) is 6.41 Å². The van der Waals surface area contributed by atoms with Gasteiger partial charge < -0.3 is 4.90 Å². The second-order valence-electron chi connectivity index (χ2n) is 4.02. The Morgan fingerprint density at radius 1 is 1.09 bits per heavy atom. The molecule has 1 aliphatic rings. The van der Waals surface area contributed by atoms with Crippen LogP contribution >= 0.6 is 0 Å². The van der Waals surface area contributed by atoms with Gasteiger partial charge in [-0.25, -0.2) is 0 Å². The second-order valence-corrected chi connectivity index (χ2v) is 4.02. The van der Waals surface area contributed by atoms with Crippen molar-refractivity contribution in [3.8, 4) is 0 Å². The van der Waals surface area contributed by atoms with Crippen LogP contribution in [0.4, 0.5) is 0 Å². The third-order valence-electron chi connectivity index (χ3n) is 2.44. The van der Waals surface area contributed by atoms with Crippen LogP contribution in [0, 0.1) is 11.8 Å². The Hall–Kier alpha value is -0.530. The van der Waals surface area contributed by atoms with Gasteiger partial charge in [0, 0.05) is 0 Å². The highest BCUT2D eigenvalue weighted by Crippen LogP contribution is 2.37. The highest BCUT2D eigenvalue weighted by atomic mass is 16.1. The molecule has 1 amide bonds. The molecule has 0 spiro atoms. The molecular formula is C9H17NO. The summed E-state index contributed by atoms with van der Waals surface area (Å²) in [5.74, 6) is 1.21. The molecule has 2 heteroatoms. The largest absolute Gasteiger partial charge is 0.335 e. The zero-order chi connectivity index (χ0) is 8.59. The molecule has 11 heavy (non-hydrogen) atoms. The van der Waals surface area contributed by atoms with Crippen molar-refractivity contribution in [3.63, 3.8) is 0 Å². The Balaban J connectivity index is 2.52. The molecule has 0 aromatic rings. The lowest BCUT2D eigenvalue weighted by atomic mass is 10.0. The van der Waals surface area contributed by atoms with E-state index in [1.807, 2.05) is 4.90 Å². The summed E-state index contributed by atoms with van der Waals surface area (Å²) < 4.78 is 0. The minimum atomic E-state index is 0.507. The number of carbonyl (C=O) groups excluding carboxylic acids is 1. The summed E-state index contributed by atoms with van der Waals surface area (Å²) in [5, 5.41) is 0. The number of nitrogens with zero attached hydrogens (tertiary/aromatic N) is 1. The molecule has 1 fully saturated rings. The van der Waals surface area contributed by atoms with E-state index in [0.29, 0.717) is 23.9 Å². The first kappa shape index (κ1) is 8.57. The van der Waals surface area contributed by atoms with Crippen molar-refractivity contribution in [2.24, 2.45) is 11.8 Å². The van der Waals surface area contributed by atoms with Crippen LogP contribution in [0.25, 0.3) is 0 Å². The predicted molar refractivity (Wildman–Crippen MR) is 45.2 cm³/mol. The van der Waals surface area contributed by atoms with Gasteiger partial charge in [-0.05, 0) is 11.8 Å². The van der Waals surface area contributed by atoms with E-state index >= 15 is 0 Å². The molecule has 1 aliphatic heterocycles. The van der Waals surface area contributed by atoms with E-state index in [-0.39, 0.29) is 0 Å². The number of hydrogen-bond acceptors (Lipinski definition) is 1. The topological polar surface area (TPSA) is 20.1 Å². The van der Waals surface area contributed by atoms with Crippen LogP contribution in [0.15, 0.2) is 0 Å². The molecule has 0 radical (unpaired) electrons. The molecular weight excluding hydrogens is 138 g/mol. The lowest BCUT2D eigenvalue weighted by molar-refractivity contribution is -0.114. The lowest BCUT2D eigenvalue weighted by Gasteiger charge is -2.00. The van der Waals surface area contributed by atoms with Crippen LogP contribution in [-0.4, -0.2) is 23.4 Å². The average molecular weight is 155 g/mol. The molecule has 2 unspecified atom stereocenters. The van der Waals surface area contributed by atoms with Gasteiger partial charge in [-0.15, -0.1) is 0 Å². The molecule has 0 saturated carbocycles. The SMILES string of the molecule is CC(C)C1C(C(C)C)N1C=O. The molecule has 1 saturated heterocycles. The fourth-order valence-corrected chi connectivity index (χ4v) is 1.90. The van der Waals surface area contributed by atoms with Crippen molar-refractivity contribution in [2.45, 2.75) is 39.8 Å². The highest BCUT2D eigenvalue weighted by molar-refractivity contribution is 5.54. The smallest absolute Gasteiger partial charge is 0.210 e. The minimum absolute atomic E-state index is 0.507. The van der Waals surface area contributed by atoms with Gasteiger partial charge in [0.15, 0.2) is 0 Å². The zero-order valence-corrected chi connectivity index (χ0v) is 7.74. The molecule has 0 bridgehead atoms. The lowest BCUT2D eigenvalue weighted by Crippen LogP contribution is -2.07. The molecule has 1 heterocycles. The Labute approximate surface area is 68.6 Å². The van der Waals surface area contributed by atoms with Crippen LogP contribution in [0.2, 0.25) is 0 Å². The Morgan fingerprint density at radius 2 is 1.45 bits per heavy atom. The van der Waals surface area contributed by atoms with E-state index in [4.69, 9.17) is 0 Å². The maximum atomic E-state index is 10.5. The van der Waals surface area contributed by atoms with Crippen molar-refractivity contribution in [1.29, 1.82) is 0 Å². The second kappa shape index (κ2) is 2.84. The van der Waals surface area contributed by atoms with Crippen molar-refractivity contribution < 1.29 is 4.79 Å². The molecule has 0 aliphatic carbocycles. The van der Waals surface area contributed by atoms with Gasteiger partial charge in [0.05, 0.1) is 12.1 Å². The van der Waals surface area contributed by atoms with Gasteiger partial charge in [-0.2, -0.15) is 0 Å².